The van der Waals surface area contributed by atoms with Gasteiger partial charge in [0.2, 0.25) is 0 Å². The number of aromatic nitrogens is 2. The number of benzene rings is 1. The highest BCUT2D eigenvalue weighted by atomic mass is 35.5. The molecule has 146 valence electrons. The monoisotopic (exact) mass is 429 g/mol. The maximum atomic E-state index is 12.7. The predicted octanol–water partition coefficient (Wildman–Crippen LogP) is 3.44. The Morgan fingerprint density at radius 1 is 1.30 bits per heavy atom. The van der Waals surface area contributed by atoms with E-state index in [0.29, 0.717) is 28.6 Å². The van der Waals surface area contributed by atoms with Crippen LogP contribution in [0.4, 0.5) is 0 Å². The summed E-state index contributed by atoms with van der Waals surface area (Å²) in [6, 6.07) is 4.65. The molecule has 0 unspecified atom stereocenters. The summed E-state index contributed by atoms with van der Waals surface area (Å²) in [5.74, 6) is 0.136. The number of aryl methyl sites for hydroxylation is 1. The molecule has 1 fully saturated rings. The molecule has 0 N–H and O–H groups in total. The molecule has 1 saturated heterocycles. The minimum Gasteiger partial charge on any atom is -0.337 e. The van der Waals surface area contributed by atoms with E-state index in [1.165, 1.54) is 0 Å². The van der Waals surface area contributed by atoms with E-state index in [-0.39, 0.29) is 23.5 Å². The molecular formula is C18H21Cl2N3O3S. The van der Waals surface area contributed by atoms with E-state index in [9.17, 15) is 13.2 Å². The van der Waals surface area contributed by atoms with Crippen LogP contribution >= 0.6 is 23.2 Å². The number of amides is 1. The summed E-state index contributed by atoms with van der Waals surface area (Å²) >= 11 is 11.9. The molecular weight excluding hydrogens is 409 g/mol. The van der Waals surface area contributed by atoms with E-state index >= 15 is 0 Å². The number of carbonyl (C=O) groups excluding carboxylic acids is 1. The fourth-order valence-electron chi connectivity index (χ4n) is 3.41. The zero-order valence-electron chi connectivity index (χ0n) is 15.4. The number of halogens is 2. The summed E-state index contributed by atoms with van der Waals surface area (Å²) in [5.41, 5.74) is 3.07. The lowest BCUT2D eigenvalue weighted by Gasteiger charge is -2.18. The van der Waals surface area contributed by atoms with Crippen molar-refractivity contribution < 1.29 is 13.2 Å². The third-order valence-electron chi connectivity index (χ3n) is 4.94. The molecule has 1 aromatic carbocycles. The van der Waals surface area contributed by atoms with Gasteiger partial charge in [0.05, 0.1) is 33.3 Å². The Balaban J connectivity index is 1.81. The largest absolute Gasteiger partial charge is 0.337 e. The van der Waals surface area contributed by atoms with Crippen LogP contribution < -0.4 is 0 Å². The Morgan fingerprint density at radius 2 is 2.00 bits per heavy atom. The topological polar surface area (TPSA) is 72.3 Å². The van der Waals surface area contributed by atoms with Crippen molar-refractivity contribution in [3.8, 4) is 0 Å². The second-order valence-corrected chi connectivity index (χ2v) is 9.98. The fraction of sp³-hybridized carbons (Fsp3) is 0.444. The van der Waals surface area contributed by atoms with Crippen molar-refractivity contribution >= 4 is 38.9 Å². The van der Waals surface area contributed by atoms with Crippen LogP contribution in [0.5, 0.6) is 0 Å². The Labute approximate surface area is 169 Å². The lowest BCUT2D eigenvalue weighted by atomic mass is 10.1. The summed E-state index contributed by atoms with van der Waals surface area (Å²) in [6.07, 6.45) is 0.571. The average Bonchev–Trinajstić information content (AvgIpc) is 3.10. The molecule has 1 amide bonds. The van der Waals surface area contributed by atoms with Gasteiger partial charge in [-0.15, -0.1) is 0 Å². The summed E-state index contributed by atoms with van der Waals surface area (Å²) < 4.78 is 25.4. The van der Waals surface area contributed by atoms with Crippen molar-refractivity contribution in [1.82, 2.24) is 14.7 Å². The predicted molar refractivity (Wildman–Crippen MR) is 106 cm³/mol. The molecule has 1 aliphatic rings. The van der Waals surface area contributed by atoms with Gasteiger partial charge in [0.15, 0.2) is 9.84 Å². The van der Waals surface area contributed by atoms with Crippen LogP contribution in [-0.4, -0.2) is 47.6 Å². The number of nitrogens with zero attached hydrogens (tertiary/aromatic N) is 3. The third kappa shape index (κ3) is 4.15. The van der Waals surface area contributed by atoms with Gasteiger partial charge in [-0.25, -0.2) is 8.42 Å². The molecule has 1 atom stereocenters. The average molecular weight is 430 g/mol. The maximum Gasteiger partial charge on any atom is 0.253 e. The molecule has 2 aromatic rings. The van der Waals surface area contributed by atoms with Crippen molar-refractivity contribution in [3.63, 3.8) is 0 Å². The van der Waals surface area contributed by atoms with E-state index in [2.05, 4.69) is 5.10 Å². The van der Waals surface area contributed by atoms with E-state index in [1.54, 1.807) is 34.8 Å². The number of carbonyl (C=O) groups is 1. The standard InChI is InChI=1S/C18H21Cl2N3O3S/c1-11-15(12(2)23(21-11)14-6-7-27(25,26)10-14)9-22(3)18(24)13-4-5-16(19)17(20)8-13/h4-5,8,14H,6-7,9-10H2,1-3H3/t14-/m0/s1. The molecule has 6 nitrogen and oxygen atoms in total. The van der Waals surface area contributed by atoms with Crippen molar-refractivity contribution in [1.29, 1.82) is 0 Å². The van der Waals surface area contributed by atoms with Crippen LogP contribution in [0.2, 0.25) is 10.0 Å². The number of rotatable bonds is 4. The second-order valence-electron chi connectivity index (χ2n) is 6.94. The van der Waals surface area contributed by atoms with Gasteiger partial charge in [-0.1, -0.05) is 23.2 Å². The lowest BCUT2D eigenvalue weighted by Crippen LogP contribution is -2.26. The van der Waals surface area contributed by atoms with E-state index in [4.69, 9.17) is 23.2 Å². The Kier molecular flexibility index (Phi) is 5.57. The molecule has 2 heterocycles. The molecule has 3 rings (SSSR count). The Hall–Kier alpha value is -1.57. The molecule has 0 saturated carbocycles. The van der Waals surface area contributed by atoms with Crippen LogP contribution in [0.25, 0.3) is 0 Å². The molecule has 9 heteroatoms. The summed E-state index contributed by atoms with van der Waals surface area (Å²) in [4.78, 5) is 14.3. The molecule has 0 bridgehead atoms. The van der Waals surface area contributed by atoms with Crippen molar-refractivity contribution in [3.05, 3.63) is 50.8 Å². The molecule has 27 heavy (non-hydrogen) atoms. The summed E-state index contributed by atoms with van der Waals surface area (Å²) in [7, 11) is -1.28. The van der Waals surface area contributed by atoms with Crippen molar-refractivity contribution in [2.45, 2.75) is 32.9 Å². The zero-order chi connectivity index (χ0) is 19.9. The highest BCUT2D eigenvalue weighted by Crippen LogP contribution is 2.28. The minimum absolute atomic E-state index is 0.118. The number of hydrogen-bond donors (Lipinski definition) is 0. The first-order chi connectivity index (χ1) is 12.6. The van der Waals surface area contributed by atoms with Gasteiger partial charge < -0.3 is 4.90 Å². The van der Waals surface area contributed by atoms with Gasteiger partial charge in [0.25, 0.3) is 5.91 Å². The molecule has 0 spiro atoms. The van der Waals surface area contributed by atoms with Crippen LogP contribution in [0.15, 0.2) is 18.2 Å². The number of hydrogen-bond acceptors (Lipinski definition) is 4. The maximum absolute atomic E-state index is 12.7. The normalized spacial score (nSPS) is 18.6. The molecule has 0 aliphatic carbocycles. The van der Waals surface area contributed by atoms with Crippen molar-refractivity contribution in [2.75, 3.05) is 18.6 Å². The fourth-order valence-corrected chi connectivity index (χ4v) is 5.40. The van der Waals surface area contributed by atoms with Gasteiger partial charge >= 0.3 is 0 Å². The first-order valence-electron chi connectivity index (χ1n) is 8.54. The molecule has 1 aliphatic heterocycles. The van der Waals surface area contributed by atoms with Gasteiger partial charge in [0.1, 0.15) is 0 Å². The van der Waals surface area contributed by atoms with Crippen LogP contribution in [0.1, 0.15) is 39.8 Å². The van der Waals surface area contributed by atoms with Gasteiger partial charge in [0, 0.05) is 30.4 Å². The summed E-state index contributed by atoms with van der Waals surface area (Å²) in [5, 5.41) is 5.27. The number of sulfone groups is 1. The van der Waals surface area contributed by atoms with Crippen LogP contribution in [0, 0.1) is 13.8 Å². The SMILES string of the molecule is Cc1nn([C@H]2CCS(=O)(=O)C2)c(C)c1CN(C)C(=O)c1ccc(Cl)c(Cl)c1. The first kappa shape index (κ1) is 20.2. The highest BCUT2D eigenvalue weighted by molar-refractivity contribution is 7.91. The van der Waals surface area contributed by atoms with Gasteiger partial charge in [-0.2, -0.15) is 5.10 Å². The highest BCUT2D eigenvalue weighted by Gasteiger charge is 2.31. The van der Waals surface area contributed by atoms with Gasteiger partial charge in [-0.3, -0.25) is 9.48 Å². The first-order valence-corrected chi connectivity index (χ1v) is 11.1. The molecule has 1 aromatic heterocycles. The smallest absolute Gasteiger partial charge is 0.253 e. The van der Waals surface area contributed by atoms with E-state index in [0.717, 1.165) is 17.0 Å². The van der Waals surface area contributed by atoms with Crippen molar-refractivity contribution in [2.24, 2.45) is 0 Å². The van der Waals surface area contributed by atoms with Crippen LogP contribution in [-0.2, 0) is 16.4 Å². The quantitative estimate of drug-likeness (QED) is 0.745. The Morgan fingerprint density at radius 3 is 2.59 bits per heavy atom. The summed E-state index contributed by atoms with van der Waals surface area (Å²) in [6.45, 7) is 4.16. The second kappa shape index (κ2) is 7.45. The van der Waals surface area contributed by atoms with E-state index in [1.807, 2.05) is 13.8 Å². The Bertz CT molecular complexity index is 1000. The minimum atomic E-state index is -2.99. The van der Waals surface area contributed by atoms with E-state index < -0.39 is 9.84 Å². The zero-order valence-corrected chi connectivity index (χ0v) is 17.7. The van der Waals surface area contributed by atoms with Crippen LogP contribution in [0.3, 0.4) is 0 Å². The lowest BCUT2D eigenvalue weighted by molar-refractivity contribution is 0.0784. The molecule has 0 radical (unpaired) electrons. The third-order valence-corrected chi connectivity index (χ3v) is 7.43. The van der Waals surface area contributed by atoms with Gasteiger partial charge in [-0.05, 0) is 38.5 Å².